The molecule has 0 radical (unpaired) electrons. The van der Waals surface area contributed by atoms with Crippen LogP contribution in [0.2, 0.25) is 0 Å². The largest absolute Gasteiger partial charge is 0.325 e. The van der Waals surface area contributed by atoms with E-state index >= 15 is 0 Å². The highest BCUT2D eigenvalue weighted by molar-refractivity contribution is 5.94. The topological polar surface area (TPSA) is 44.4 Å². The summed E-state index contributed by atoms with van der Waals surface area (Å²) in [6, 6.07) is 10.1. The normalized spacial score (nSPS) is 17.1. The Morgan fingerprint density at radius 3 is 2.62 bits per heavy atom. The first kappa shape index (κ1) is 16.0. The van der Waals surface area contributed by atoms with E-state index in [-0.39, 0.29) is 11.9 Å². The second kappa shape index (κ2) is 8.15. The zero-order valence-corrected chi connectivity index (χ0v) is 13.1. The molecule has 1 amide bonds. The minimum atomic E-state index is -0.179. The molecule has 0 aliphatic heterocycles. The van der Waals surface area contributed by atoms with Crippen LogP contribution in [-0.4, -0.2) is 43.0 Å². The number of hydrogen-bond donors (Lipinski definition) is 2. The smallest absolute Gasteiger partial charge is 0.241 e. The van der Waals surface area contributed by atoms with Crippen LogP contribution in [0.5, 0.6) is 0 Å². The molecule has 0 aromatic heterocycles. The van der Waals surface area contributed by atoms with E-state index in [0.29, 0.717) is 0 Å². The highest BCUT2D eigenvalue weighted by Crippen LogP contribution is 2.21. The van der Waals surface area contributed by atoms with Crippen LogP contribution in [0.15, 0.2) is 30.3 Å². The third-order valence-corrected chi connectivity index (χ3v) is 4.30. The molecule has 0 bridgehead atoms. The fraction of sp³-hybridized carbons (Fsp3) is 0.588. The van der Waals surface area contributed by atoms with Crippen LogP contribution in [0.1, 0.15) is 32.6 Å². The Morgan fingerprint density at radius 2 is 1.95 bits per heavy atom. The Morgan fingerprint density at radius 1 is 1.29 bits per heavy atom. The van der Waals surface area contributed by atoms with Crippen molar-refractivity contribution in [3.8, 4) is 0 Å². The number of likely N-dealkylation sites (N-methyl/N-ethyl adjacent to an activating group) is 1. The van der Waals surface area contributed by atoms with Gasteiger partial charge in [0.25, 0.3) is 0 Å². The Balaban J connectivity index is 1.66. The van der Waals surface area contributed by atoms with Gasteiger partial charge in [0.2, 0.25) is 5.91 Å². The van der Waals surface area contributed by atoms with Gasteiger partial charge in [-0.3, -0.25) is 4.79 Å². The van der Waals surface area contributed by atoms with Gasteiger partial charge in [0.1, 0.15) is 0 Å². The van der Waals surface area contributed by atoms with Crippen molar-refractivity contribution in [1.82, 2.24) is 10.2 Å². The van der Waals surface area contributed by atoms with Crippen molar-refractivity contribution >= 4 is 11.6 Å². The summed E-state index contributed by atoms with van der Waals surface area (Å²) in [6.07, 6.45) is 5.36. The average molecular weight is 289 g/mol. The summed E-state index contributed by atoms with van der Waals surface area (Å²) in [6.45, 7) is 3.75. The van der Waals surface area contributed by atoms with E-state index in [1.807, 2.05) is 37.3 Å². The van der Waals surface area contributed by atoms with Crippen molar-refractivity contribution in [3.63, 3.8) is 0 Å². The minimum absolute atomic E-state index is 0.0183. The van der Waals surface area contributed by atoms with Crippen molar-refractivity contribution in [3.05, 3.63) is 30.3 Å². The highest BCUT2D eigenvalue weighted by atomic mass is 16.2. The van der Waals surface area contributed by atoms with Gasteiger partial charge in [-0.1, -0.05) is 31.0 Å². The highest BCUT2D eigenvalue weighted by Gasteiger charge is 2.19. The van der Waals surface area contributed by atoms with Gasteiger partial charge in [-0.05, 0) is 38.9 Å². The monoisotopic (exact) mass is 289 g/mol. The molecule has 1 atom stereocenters. The quantitative estimate of drug-likeness (QED) is 0.810. The maximum Gasteiger partial charge on any atom is 0.241 e. The second-order valence-electron chi connectivity index (χ2n) is 5.95. The first-order valence-electron chi connectivity index (χ1n) is 7.96. The van der Waals surface area contributed by atoms with Crippen LogP contribution in [0.3, 0.4) is 0 Å². The lowest BCUT2D eigenvalue weighted by molar-refractivity contribution is -0.117. The number of para-hydroxylation sites is 1. The molecule has 2 N–H and O–H groups in total. The predicted molar refractivity (Wildman–Crippen MR) is 87.4 cm³/mol. The van der Waals surface area contributed by atoms with Gasteiger partial charge in [0.05, 0.1) is 6.04 Å². The molecule has 0 spiro atoms. The molecular weight excluding hydrogens is 262 g/mol. The molecule has 1 aliphatic carbocycles. The van der Waals surface area contributed by atoms with Gasteiger partial charge in [-0.15, -0.1) is 0 Å². The lowest BCUT2D eigenvalue weighted by Gasteiger charge is -2.24. The number of nitrogens with zero attached hydrogens (tertiary/aromatic N) is 1. The fourth-order valence-corrected chi connectivity index (χ4v) is 2.85. The minimum Gasteiger partial charge on any atom is -0.325 e. The Hall–Kier alpha value is -1.39. The van der Waals surface area contributed by atoms with Gasteiger partial charge in [0.15, 0.2) is 0 Å². The van der Waals surface area contributed by atoms with Crippen LogP contribution >= 0.6 is 0 Å². The van der Waals surface area contributed by atoms with E-state index in [1.54, 1.807) is 0 Å². The lowest BCUT2D eigenvalue weighted by Crippen LogP contribution is -2.43. The maximum absolute atomic E-state index is 12.1. The number of rotatable bonds is 7. The van der Waals surface area contributed by atoms with E-state index < -0.39 is 0 Å². The van der Waals surface area contributed by atoms with E-state index in [1.165, 1.54) is 25.7 Å². The van der Waals surface area contributed by atoms with Crippen molar-refractivity contribution in [2.45, 2.75) is 44.7 Å². The van der Waals surface area contributed by atoms with Crippen molar-refractivity contribution in [2.75, 3.05) is 25.5 Å². The molecular formula is C17H27N3O. The number of benzene rings is 1. The molecule has 1 unspecified atom stereocenters. The number of anilines is 1. The van der Waals surface area contributed by atoms with E-state index in [0.717, 1.165) is 24.8 Å². The second-order valence-corrected chi connectivity index (χ2v) is 5.95. The summed E-state index contributed by atoms with van der Waals surface area (Å²) in [5, 5.41) is 6.22. The molecule has 1 saturated carbocycles. The van der Waals surface area contributed by atoms with Gasteiger partial charge < -0.3 is 15.5 Å². The number of carbonyl (C=O) groups excluding carboxylic acids is 1. The van der Waals surface area contributed by atoms with Gasteiger partial charge in [-0.25, -0.2) is 0 Å². The molecule has 0 saturated heterocycles. The van der Waals surface area contributed by atoms with Crippen LogP contribution < -0.4 is 10.6 Å². The predicted octanol–water partition coefficient (Wildman–Crippen LogP) is 2.48. The number of carbonyl (C=O) groups is 1. The van der Waals surface area contributed by atoms with Crippen LogP contribution in [0.4, 0.5) is 5.69 Å². The van der Waals surface area contributed by atoms with Crippen molar-refractivity contribution in [2.24, 2.45) is 0 Å². The third kappa shape index (κ3) is 5.14. The maximum atomic E-state index is 12.1. The van der Waals surface area contributed by atoms with Gasteiger partial charge >= 0.3 is 0 Å². The van der Waals surface area contributed by atoms with E-state index in [2.05, 4.69) is 22.6 Å². The van der Waals surface area contributed by atoms with E-state index in [4.69, 9.17) is 0 Å². The van der Waals surface area contributed by atoms with Crippen LogP contribution in [-0.2, 0) is 4.79 Å². The summed E-state index contributed by atoms with van der Waals surface area (Å²) >= 11 is 0. The number of hydrogen-bond acceptors (Lipinski definition) is 3. The third-order valence-electron chi connectivity index (χ3n) is 4.30. The molecule has 4 heteroatoms. The summed E-state index contributed by atoms with van der Waals surface area (Å²) in [7, 11) is 2.19. The van der Waals surface area contributed by atoms with Crippen LogP contribution in [0, 0.1) is 0 Å². The Kier molecular flexibility index (Phi) is 6.21. The molecule has 4 nitrogen and oxygen atoms in total. The summed E-state index contributed by atoms with van der Waals surface area (Å²) in [4.78, 5) is 14.5. The zero-order valence-electron chi connectivity index (χ0n) is 13.1. The van der Waals surface area contributed by atoms with E-state index in [9.17, 15) is 4.79 Å². The first-order valence-corrected chi connectivity index (χ1v) is 7.96. The summed E-state index contributed by atoms with van der Waals surface area (Å²) < 4.78 is 0. The van der Waals surface area contributed by atoms with Gasteiger partial charge in [0, 0.05) is 24.8 Å². The molecule has 1 aromatic carbocycles. The summed E-state index contributed by atoms with van der Waals surface area (Å²) in [5.74, 6) is 0.0183. The SMILES string of the molecule is CC(NCCN(C)C1CCCC1)C(=O)Nc1ccccc1. The molecule has 0 heterocycles. The molecule has 1 aliphatic rings. The zero-order chi connectivity index (χ0) is 15.1. The molecule has 1 aromatic rings. The number of amides is 1. The fourth-order valence-electron chi connectivity index (χ4n) is 2.85. The van der Waals surface area contributed by atoms with Crippen molar-refractivity contribution in [1.29, 1.82) is 0 Å². The average Bonchev–Trinajstić information content (AvgIpc) is 3.02. The van der Waals surface area contributed by atoms with Crippen molar-refractivity contribution < 1.29 is 4.79 Å². The van der Waals surface area contributed by atoms with Crippen LogP contribution in [0.25, 0.3) is 0 Å². The summed E-state index contributed by atoms with van der Waals surface area (Å²) in [5.41, 5.74) is 0.847. The molecule has 21 heavy (non-hydrogen) atoms. The standard InChI is InChI=1S/C17H27N3O/c1-14(17(21)19-15-8-4-3-5-9-15)18-12-13-20(2)16-10-6-7-11-16/h3-5,8-9,14,16,18H,6-7,10-13H2,1-2H3,(H,19,21). The molecule has 1 fully saturated rings. The Bertz CT molecular complexity index is 429. The Labute approximate surface area is 127 Å². The number of nitrogens with one attached hydrogen (secondary N) is 2. The first-order chi connectivity index (χ1) is 10.2. The molecule has 2 rings (SSSR count). The molecule has 116 valence electrons. The van der Waals surface area contributed by atoms with Gasteiger partial charge in [-0.2, -0.15) is 0 Å². The lowest BCUT2D eigenvalue weighted by atomic mass is 10.2.